The maximum atomic E-state index is 13.2. The molecule has 1 saturated heterocycles. The molecule has 9 nitrogen and oxygen atoms in total. The molecule has 0 bridgehead atoms. The van der Waals surface area contributed by atoms with E-state index < -0.39 is 49.5 Å². The predicted octanol–water partition coefficient (Wildman–Crippen LogP) is 20.4. The molecule has 494 valence electrons. The Labute approximate surface area is 520 Å². The minimum Gasteiger partial charge on any atom is -0.394 e. The van der Waals surface area contributed by atoms with E-state index in [1.165, 1.54) is 276 Å². The van der Waals surface area contributed by atoms with Crippen molar-refractivity contribution in [2.75, 3.05) is 13.2 Å². The fourth-order valence-electron chi connectivity index (χ4n) is 12.0. The van der Waals surface area contributed by atoms with Gasteiger partial charge in [-0.3, -0.25) is 4.79 Å². The van der Waals surface area contributed by atoms with Crippen molar-refractivity contribution in [3.63, 3.8) is 0 Å². The second kappa shape index (κ2) is 64.1. The van der Waals surface area contributed by atoms with E-state index in [4.69, 9.17) is 9.47 Å². The third-order valence-electron chi connectivity index (χ3n) is 17.7. The number of nitrogens with one attached hydrogen (secondary N) is 1. The number of carbonyl (C=O) groups excluding carboxylic acids is 1. The molecule has 6 N–H and O–H groups in total. The quantitative estimate of drug-likeness (QED) is 0.0261. The van der Waals surface area contributed by atoms with Crippen LogP contribution < -0.4 is 5.32 Å². The minimum atomic E-state index is -1.55. The van der Waals surface area contributed by atoms with Crippen molar-refractivity contribution in [1.82, 2.24) is 5.32 Å². The van der Waals surface area contributed by atoms with Crippen LogP contribution in [0.2, 0.25) is 0 Å². The Morgan fingerprint density at radius 2 is 0.738 bits per heavy atom. The lowest BCUT2D eigenvalue weighted by molar-refractivity contribution is -0.302. The van der Waals surface area contributed by atoms with Crippen LogP contribution in [-0.2, 0) is 14.3 Å². The monoisotopic (exact) mass is 1180 g/mol. The molecule has 0 aromatic carbocycles. The highest BCUT2D eigenvalue weighted by Crippen LogP contribution is 2.24. The SMILES string of the molecule is CC/C=C\C/C=C\C/C=C\C/C=C\CCCCCCCCCCCCCCCCCCCCCCC(=O)NC(COC1OC(CO)C(O)C(O)C1O)C(O)CCCCCCCCCCCCCCCCCCCCCCCCCCCCCC. The van der Waals surface area contributed by atoms with Crippen LogP contribution in [0, 0.1) is 0 Å². The first kappa shape index (κ1) is 80.2. The van der Waals surface area contributed by atoms with E-state index in [-0.39, 0.29) is 12.5 Å². The smallest absolute Gasteiger partial charge is 0.220 e. The highest BCUT2D eigenvalue weighted by atomic mass is 16.7. The fourth-order valence-corrected chi connectivity index (χ4v) is 12.0. The number of carbonyl (C=O) groups is 1. The number of aliphatic hydroxyl groups excluding tert-OH is 5. The van der Waals surface area contributed by atoms with Crippen LogP contribution >= 0.6 is 0 Å². The summed E-state index contributed by atoms with van der Waals surface area (Å²) < 4.78 is 11.4. The summed E-state index contributed by atoms with van der Waals surface area (Å²) in [4.78, 5) is 13.2. The van der Waals surface area contributed by atoms with E-state index >= 15 is 0 Å². The summed E-state index contributed by atoms with van der Waals surface area (Å²) in [5.74, 6) is -0.137. The van der Waals surface area contributed by atoms with Gasteiger partial charge in [0.05, 0.1) is 25.4 Å². The summed E-state index contributed by atoms with van der Waals surface area (Å²) in [6, 6.07) is -0.720. The second-order valence-electron chi connectivity index (χ2n) is 25.7. The van der Waals surface area contributed by atoms with Gasteiger partial charge in [-0.1, -0.05) is 358 Å². The molecule has 1 aliphatic rings. The molecule has 0 aromatic heterocycles. The molecule has 1 fully saturated rings. The van der Waals surface area contributed by atoms with Crippen molar-refractivity contribution in [1.29, 1.82) is 0 Å². The molecule has 1 aliphatic heterocycles. The molecule has 0 spiro atoms. The van der Waals surface area contributed by atoms with Crippen LogP contribution in [0.15, 0.2) is 48.6 Å². The van der Waals surface area contributed by atoms with Gasteiger partial charge in [0.1, 0.15) is 24.4 Å². The summed E-state index contributed by atoms with van der Waals surface area (Å²) in [6.07, 6.45) is 80.5. The molecule has 0 aromatic rings. The van der Waals surface area contributed by atoms with E-state index in [1.807, 2.05) is 0 Å². The Hall–Kier alpha value is -1.85. The first-order valence-electron chi connectivity index (χ1n) is 36.8. The van der Waals surface area contributed by atoms with Crippen molar-refractivity contribution in [2.24, 2.45) is 0 Å². The van der Waals surface area contributed by atoms with Crippen LogP contribution in [0.1, 0.15) is 367 Å². The Bertz CT molecular complexity index is 1470. The van der Waals surface area contributed by atoms with E-state index in [9.17, 15) is 30.3 Å². The summed E-state index contributed by atoms with van der Waals surface area (Å²) in [7, 11) is 0. The highest BCUT2D eigenvalue weighted by Gasteiger charge is 2.44. The van der Waals surface area contributed by atoms with Crippen molar-refractivity contribution in [2.45, 2.75) is 410 Å². The van der Waals surface area contributed by atoms with Gasteiger partial charge >= 0.3 is 0 Å². The summed E-state index contributed by atoms with van der Waals surface area (Å²) >= 11 is 0. The molecule has 9 heteroatoms. The highest BCUT2D eigenvalue weighted by molar-refractivity contribution is 5.76. The number of rotatable bonds is 65. The summed E-state index contributed by atoms with van der Waals surface area (Å²) in [5.41, 5.74) is 0. The standard InChI is InChI=1S/C75H141NO8/c1-3-5-7-9-11-13-15-17-19-21-23-25-27-29-31-33-34-35-36-37-39-41-43-45-47-49-51-53-55-57-59-61-63-65-71(79)76-68(67-83-75-74(82)73(81)72(80)70(66-77)84-75)69(78)64-62-60-58-56-54-52-50-48-46-44-42-40-38-32-30-28-26-24-22-20-18-16-14-12-10-8-6-4-2/h5,7,11,13,17,19,23,25,68-70,72-75,77-78,80-82H,3-4,6,8-10,12,14-16,18,20-22,24,26-67H2,1-2H3,(H,76,79)/b7-5-,13-11-,19-17-,25-23-. The molecular formula is C75H141NO8. The van der Waals surface area contributed by atoms with Gasteiger partial charge in [-0.2, -0.15) is 0 Å². The molecule has 1 amide bonds. The van der Waals surface area contributed by atoms with Crippen LogP contribution in [0.5, 0.6) is 0 Å². The van der Waals surface area contributed by atoms with E-state index in [2.05, 4.69) is 67.8 Å². The number of allylic oxidation sites excluding steroid dienone is 8. The first-order valence-corrected chi connectivity index (χ1v) is 36.8. The second-order valence-corrected chi connectivity index (χ2v) is 25.7. The lowest BCUT2D eigenvalue weighted by atomic mass is 9.99. The predicted molar refractivity (Wildman–Crippen MR) is 359 cm³/mol. The largest absolute Gasteiger partial charge is 0.394 e. The van der Waals surface area contributed by atoms with Crippen molar-refractivity contribution >= 4 is 5.91 Å². The minimum absolute atomic E-state index is 0.134. The molecule has 7 atom stereocenters. The van der Waals surface area contributed by atoms with E-state index in [0.717, 1.165) is 64.2 Å². The van der Waals surface area contributed by atoms with Gasteiger partial charge in [0.25, 0.3) is 0 Å². The Kier molecular flexibility index (Phi) is 61.2. The van der Waals surface area contributed by atoms with Gasteiger partial charge in [-0.25, -0.2) is 0 Å². The number of aliphatic hydroxyl groups is 5. The van der Waals surface area contributed by atoms with Crippen LogP contribution in [0.4, 0.5) is 0 Å². The number of hydrogen-bond donors (Lipinski definition) is 6. The van der Waals surface area contributed by atoms with Crippen LogP contribution in [0.3, 0.4) is 0 Å². The van der Waals surface area contributed by atoms with Gasteiger partial charge in [-0.15, -0.1) is 0 Å². The zero-order valence-electron chi connectivity index (χ0n) is 55.4. The number of amides is 1. The lowest BCUT2D eigenvalue weighted by Crippen LogP contribution is -2.60. The van der Waals surface area contributed by atoms with Crippen molar-refractivity contribution in [3.05, 3.63) is 48.6 Å². The van der Waals surface area contributed by atoms with E-state index in [1.54, 1.807) is 0 Å². The number of hydrogen-bond acceptors (Lipinski definition) is 8. The molecule has 84 heavy (non-hydrogen) atoms. The molecule has 7 unspecified atom stereocenters. The summed E-state index contributed by atoms with van der Waals surface area (Å²) in [5, 5.41) is 55.0. The lowest BCUT2D eigenvalue weighted by Gasteiger charge is -2.40. The molecule has 0 aliphatic carbocycles. The van der Waals surface area contributed by atoms with Crippen LogP contribution in [0.25, 0.3) is 0 Å². The Balaban J connectivity index is 2.08. The van der Waals surface area contributed by atoms with Gasteiger partial charge in [0, 0.05) is 6.42 Å². The molecule has 1 heterocycles. The normalized spacial score (nSPS) is 18.4. The average Bonchev–Trinajstić information content (AvgIpc) is 3.70. The average molecular weight is 1180 g/mol. The molecule has 0 radical (unpaired) electrons. The Morgan fingerprint density at radius 1 is 0.417 bits per heavy atom. The van der Waals surface area contributed by atoms with Gasteiger partial charge in [0.2, 0.25) is 5.91 Å². The number of ether oxygens (including phenoxy) is 2. The zero-order valence-corrected chi connectivity index (χ0v) is 55.4. The maximum absolute atomic E-state index is 13.2. The first-order chi connectivity index (χ1) is 41.3. The third-order valence-corrected chi connectivity index (χ3v) is 17.7. The summed E-state index contributed by atoms with van der Waals surface area (Å²) in [6.45, 7) is 3.78. The third kappa shape index (κ3) is 52.1. The Morgan fingerprint density at radius 3 is 1.10 bits per heavy atom. The number of unbranched alkanes of at least 4 members (excludes halogenated alkanes) is 47. The van der Waals surface area contributed by atoms with E-state index in [0.29, 0.717) is 12.8 Å². The van der Waals surface area contributed by atoms with Gasteiger partial charge < -0.3 is 40.3 Å². The van der Waals surface area contributed by atoms with Gasteiger partial charge in [-0.05, 0) is 51.4 Å². The van der Waals surface area contributed by atoms with Crippen molar-refractivity contribution in [3.8, 4) is 0 Å². The van der Waals surface area contributed by atoms with Crippen molar-refractivity contribution < 1.29 is 39.8 Å². The molecular weight excluding hydrogens is 1040 g/mol. The zero-order chi connectivity index (χ0) is 60.7. The fraction of sp³-hybridized carbons (Fsp3) is 0.880. The maximum Gasteiger partial charge on any atom is 0.220 e. The van der Waals surface area contributed by atoms with Crippen LogP contribution in [-0.4, -0.2) is 87.5 Å². The van der Waals surface area contributed by atoms with Gasteiger partial charge in [0.15, 0.2) is 6.29 Å². The molecule has 0 saturated carbocycles. The topological polar surface area (TPSA) is 149 Å². The molecule has 1 rings (SSSR count).